The number of halogens is 2. The molecule has 0 bridgehead atoms. The standard InChI is InChI=1S/C18H26FN3O3.ClH/c19-14-4-6-16(7-5-14)25-12-9-18(24)22-11-2-1-3-15(22)13-21-17(23)8-10-20;/h4-7,15H,1-3,8-13,20H2,(H,21,23);1H. The number of likely N-dealkylation sites (tertiary alicyclic amines) is 1. The van der Waals surface area contributed by atoms with E-state index in [-0.39, 0.29) is 49.1 Å². The van der Waals surface area contributed by atoms with Gasteiger partial charge in [0.1, 0.15) is 11.6 Å². The summed E-state index contributed by atoms with van der Waals surface area (Å²) in [5.74, 6) is 0.148. The van der Waals surface area contributed by atoms with Crippen LogP contribution in [-0.4, -0.2) is 49.0 Å². The Morgan fingerprint density at radius 1 is 1.23 bits per heavy atom. The lowest BCUT2D eigenvalue weighted by molar-refractivity contribution is -0.136. The maximum absolute atomic E-state index is 12.8. The second-order valence-electron chi connectivity index (χ2n) is 6.13. The minimum Gasteiger partial charge on any atom is -0.493 e. The van der Waals surface area contributed by atoms with Crippen molar-refractivity contribution in [1.29, 1.82) is 0 Å². The minimum atomic E-state index is -0.323. The molecule has 0 radical (unpaired) electrons. The number of rotatable bonds is 8. The molecule has 1 saturated heterocycles. The molecule has 8 heteroatoms. The Hall–Kier alpha value is -1.86. The van der Waals surface area contributed by atoms with Crippen molar-refractivity contribution in [2.45, 2.75) is 38.1 Å². The maximum atomic E-state index is 12.8. The first-order chi connectivity index (χ1) is 12.1. The summed E-state index contributed by atoms with van der Waals surface area (Å²) in [6.45, 7) is 1.73. The monoisotopic (exact) mass is 387 g/mol. The fourth-order valence-electron chi connectivity index (χ4n) is 2.92. The van der Waals surface area contributed by atoms with Crippen molar-refractivity contribution in [1.82, 2.24) is 10.2 Å². The molecule has 26 heavy (non-hydrogen) atoms. The van der Waals surface area contributed by atoms with E-state index >= 15 is 0 Å². The lowest BCUT2D eigenvalue weighted by Crippen LogP contribution is -2.49. The van der Waals surface area contributed by atoms with E-state index in [9.17, 15) is 14.0 Å². The van der Waals surface area contributed by atoms with E-state index in [1.807, 2.05) is 4.90 Å². The van der Waals surface area contributed by atoms with Gasteiger partial charge in [0.25, 0.3) is 0 Å². The van der Waals surface area contributed by atoms with Gasteiger partial charge in [-0.25, -0.2) is 4.39 Å². The average Bonchev–Trinajstić information content (AvgIpc) is 2.62. The van der Waals surface area contributed by atoms with E-state index in [1.165, 1.54) is 24.3 Å². The van der Waals surface area contributed by atoms with Crippen LogP contribution < -0.4 is 15.8 Å². The summed E-state index contributed by atoms with van der Waals surface area (Å²) in [6, 6.07) is 5.74. The highest BCUT2D eigenvalue weighted by molar-refractivity contribution is 5.85. The summed E-state index contributed by atoms with van der Waals surface area (Å²) in [7, 11) is 0. The highest BCUT2D eigenvalue weighted by atomic mass is 35.5. The summed E-state index contributed by atoms with van der Waals surface area (Å²) < 4.78 is 18.3. The van der Waals surface area contributed by atoms with Gasteiger partial charge in [0.2, 0.25) is 11.8 Å². The van der Waals surface area contributed by atoms with Gasteiger partial charge in [0.05, 0.1) is 13.0 Å². The third kappa shape index (κ3) is 7.17. The predicted molar refractivity (Wildman–Crippen MR) is 99.8 cm³/mol. The fraction of sp³-hybridized carbons (Fsp3) is 0.556. The quantitative estimate of drug-likeness (QED) is 0.713. The second-order valence-corrected chi connectivity index (χ2v) is 6.13. The summed E-state index contributed by atoms with van der Waals surface area (Å²) in [5, 5.41) is 2.85. The summed E-state index contributed by atoms with van der Waals surface area (Å²) >= 11 is 0. The molecule has 1 heterocycles. The molecule has 2 amide bonds. The molecule has 0 saturated carbocycles. The van der Waals surface area contributed by atoms with Crippen molar-refractivity contribution in [3.8, 4) is 5.75 Å². The van der Waals surface area contributed by atoms with Gasteiger partial charge in [0.15, 0.2) is 0 Å². The first-order valence-corrected chi connectivity index (χ1v) is 8.74. The van der Waals surface area contributed by atoms with Crippen LogP contribution >= 0.6 is 12.4 Å². The maximum Gasteiger partial charge on any atom is 0.226 e. The van der Waals surface area contributed by atoms with Crippen molar-refractivity contribution >= 4 is 24.2 Å². The largest absolute Gasteiger partial charge is 0.493 e. The SMILES string of the molecule is Cl.NCCC(=O)NCC1CCCCN1C(=O)CCOc1ccc(F)cc1. The van der Waals surface area contributed by atoms with Crippen LogP contribution in [0.4, 0.5) is 4.39 Å². The van der Waals surface area contributed by atoms with Gasteiger partial charge >= 0.3 is 0 Å². The molecule has 1 aliphatic rings. The molecule has 1 aromatic rings. The predicted octanol–water partition coefficient (Wildman–Crippen LogP) is 1.86. The molecular weight excluding hydrogens is 361 g/mol. The molecule has 146 valence electrons. The lowest BCUT2D eigenvalue weighted by atomic mass is 10.0. The van der Waals surface area contributed by atoms with Crippen LogP contribution in [0.15, 0.2) is 24.3 Å². The summed E-state index contributed by atoms with van der Waals surface area (Å²) in [5.41, 5.74) is 5.36. The topological polar surface area (TPSA) is 84.7 Å². The highest BCUT2D eigenvalue weighted by Gasteiger charge is 2.26. The van der Waals surface area contributed by atoms with Gasteiger partial charge in [-0.05, 0) is 43.5 Å². The number of piperidine rings is 1. The molecule has 1 atom stereocenters. The van der Waals surface area contributed by atoms with Crippen molar-refractivity contribution in [2.75, 3.05) is 26.2 Å². The zero-order chi connectivity index (χ0) is 18.1. The zero-order valence-electron chi connectivity index (χ0n) is 14.8. The van der Waals surface area contributed by atoms with Crippen LogP contribution in [-0.2, 0) is 9.59 Å². The Bertz CT molecular complexity index is 571. The molecule has 1 aliphatic heterocycles. The Kier molecular flexibility index (Phi) is 9.98. The first-order valence-electron chi connectivity index (χ1n) is 8.74. The van der Waals surface area contributed by atoms with Gasteiger partial charge in [-0.2, -0.15) is 0 Å². The number of nitrogens with zero attached hydrogens (tertiary/aromatic N) is 1. The number of nitrogens with one attached hydrogen (secondary N) is 1. The van der Waals surface area contributed by atoms with E-state index in [1.54, 1.807) is 0 Å². The van der Waals surface area contributed by atoms with Gasteiger partial charge in [-0.15, -0.1) is 12.4 Å². The van der Waals surface area contributed by atoms with Crippen molar-refractivity contribution < 1.29 is 18.7 Å². The molecule has 1 unspecified atom stereocenters. The fourth-order valence-corrected chi connectivity index (χ4v) is 2.92. The van der Waals surface area contributed by atoms with Gasteiger partial charge in [0, 0.05) is 32.1 Å². The lowest BCUT2D eigenvalue weighted by Gasteiger charge is -2.36. The van der Waals surface area contributed by atoms with Crippen molar-refractivity contribution in [2.24, 2.45) is 5.73 Å². The number of hydrogen-bond acceptors (Lipinski definition) is 4. The normalized spacial score (nSPS) is 16.5. The number of hydrogen-bond donors (Lipinski definition) is 2. The van der Waals surface area contributed by atoms with Crippen LogP contribution in [0.5, 0.6) is 5.75 Å². The third-order valence-corrected chi connectivity index (χ3v) is 4.25. The summed E-state index contributed by atoms with van der Waals surface area (Å²) in [6.07, 6.45) is 3.45. The molecule has 0 aliphatic carbocycles. The minimum absolute atomic E-state index is 0. The van der Waals surface area contributed by atoms with Crippen LogP contribution in [0.2, 0.25) is 0 Å². The van der Waals surface area contributed by atoms with Crippen molar-refractivity contribution in [3.63, 3.8) is 0 Å². The number of carbonyl (C=O) groups excluding carboxylic acids is 2. The molecule has 2 rings (SSSR count). The Morgan fingerprint density at radius 3 is 2.65 bits per heavy atom. The summed E-state index contributed by atoms with van der Waals surface area (Å²) in [4.78, 5) is 25.9. The number of nitrogens with two attached hydrogens (primary N) is 1. The molecule has 6 nitrogen and oxygen atoms in total. The van der Waals surface area contributed by atoms with Crippen LogP contribution in [0.25, 0.3) is 0 Å². The zero-order valence-corrected chi connectivity index (χ0v) is 15.6. The first kappa shape index (κ1) is 22.2. The molecule has 0 spiro atoms. The van der Waals surface area contributed by atoms with Crippen LogP contribution in [0.1, 0.15) is 32.1 Å². The smallest absolute Gasteiger partial charge is 0.226 e. The average molecular weight is 388 g/mol. The molecule has 3 N–H and O–H groups in total. The van der Waals surface area contributed by atoms with Crippen molar-refractivity contribution in [3.05, 3.63) is 30.1 Å². The second kappa shape index (κ2) is 11.7. The number of carbonyl (C=O) groups is 2. The van der Waals surface area contributed by atoms with Crippen LogP contribution in [0.3, 0.4) is 0 Å². The Balaban J connectivity index is 0.00000338. The molecular formula is C18H27ClFN3O3. The van der Waals surface area contributed by atoms with Gasteiger partial charge < -0.3 is 20.7 Å². The molecule has 1 aromatic carbocycles. The van der Waals surface area contributed by atoms with Gasteiger partial charge in [-0.3, -0.25) is 9.59 Å². The van der Waals surface area contributed by atoms with E-state index < -0.39 is 0 Å². The van der Waals surface area contributed by atoms with E-state index in [0.29, 0.717) is 31.8 Å². The number of ether oxygens (including phenoxy) is 1. The van der Waals surface area contributed by atoms with E-state index in [2.05, 4.69) is 5.32 Å². The van der Waals surface area contributed by atoms with Gasteiger partial charge in [-0.1, -0.05) is 0 Å². The number of amides is 2. The molecule has 1 fully saturated rings. The Labute approximate surface area is 159 Å². The highest BCUT2D eigenvalue weighted by Crippen LogP contribution is 2.18. The van der Waals surface area contributed by atoms with E-state index in [0.717, 1.165) is 19.3 Å². The number of benzene rings is 1. The van der Waals surface area contributed by atoms with Crippen LogP contribution in [0, 0.1) is 5.82 Å². The molecule has 0 aromatic heterocycles. The third-order valence-electron chi connectivity index (χ3n) is 4.25. The van der Waals surface area contributed by atoms with E-state index in [4.69, 9.17) is 10.5 Å². The Morgan fingerprint density at radius 2 is 1.96 bits per heavy atom.